The second-order valence-electron chi connectivity index (χ2n) is 6.83. The van der Waals surface area contributed by atoms with Crippen molar-refractivity contribution in [2.45, 2.75) is 44.8 Å². The molecule has 7 heteroatoms. The number of fused-ring (bicyclic) bond motifs is 2. The van der Waals surface area contributed by atoms with Gasteiger partial charge in [0, 0.05) is 17.9 Å². The van der Waals surface area contributed by atoms with Gasteiger partial charge in [0.25, 0.3) is 5.56 Å². The Morgan fingerprint density at radius 2 is 2.11 bits per heavy atom. The second-order valence-corrected chi connectivity index (χ2v) is 7.77. The van der Waals surface area contributed by atoms with Gasteiger partial charge < -0.3 is 10.3 Å². The number of amides is 1. The molecular weight excluding hydrogens is 360 g/mol. The van der Waals surface area contributed by atoms with Crippen LogP contribution in [0.25, 0.3) is 11.0 Å². The van der Waals surface area contributed by atoms with E-state index in [0.29, 0.717) is 22.7 Å². The fourth-order valence-electron chi connectivity index (χ4n) is 3.58. The molecule has 0 atom stereocenters. The van der Waals surface area contributed by atoms with E-state index in [9.17, 15) is 9.59 Å². The number of aryl methyl sites for hydroxylation is 3. The van der Waals surface area contributed by atoms with Crippen LogP contribution >= 0.6 is 11.8 Å². The molecular formula is C20H22N4O2S. The molecule has 2 N–H and O–H groups in total. The van der Waals surface area contributed by atoms with E-state index in [1.54, 1.807) is 4.57 Å². The first-order valence-electron chi connectivity index (χ1n) is 9.19. The number of carbonyl (C=O) groups excluding carboxylic acids is 1. The van der Waals surface area contributed by atoms with Crippen molar-refractivity contribution in [1.82, 2.24) is 14.5 Å². The Hall–Kier alpha value is -2.54. The summed E-state index contributed by atoms with van der Waals surface area (Å²) in [5.74, 6) is 0.110. The van der Waals surface area contributed by atoms with Crippen molar-refractivity contribution < 1.29 is 4.79 Å². The molecule has 2 heterocycles. The molecule has 0 saturated heterocycles. The minimum atomic E-state index is -0.0999. The summed E-state index contributed by atoms with van der Waals surface area (Å²) in [7, 11) is 0. The summed E-state index contributed by atoms with van der Waals surface area (Å²) in [5.41, 5.74) is 5.50. The predicted octanol–water partition coefficient (Wildman–Crippen LogP) is 3.27. The second kappa shape index (κ2) is 7.23. The van der Waals surface area contributed by atoms with Crippen LogP contribution in [0, 0.1) is 6.92 Å². The SMILES string of the molecule is CCn1c(SCC(=O)Nc2ccc3c(c2)CCC3)nc2cc(C)[nH]c2c1=O. The van der Waals surface area contributed by atoms with Gasteiger partial charge in [-0.2, -0.15) is 0 Å². The van der Waals surface area contributed by atoms with Gasteiger partial charge in [-0.3, -0.25) is 14.2 Å². The quantitative estimate of drug-likeness (QED) is 0.524. The topological polar surface area (TPSA) is 79.8 Å². The number of rotatable bonds is 5. The molecule has 3 aromatic rings. The molecule has 2 aromatic heterocycles. The van der Waals surface area contributed by atoms with Gasteiger partial charge in [-0.05, 0) is 62.4 Å². The number of aromatic amines is 1. The Balaban J connectivity index is 1.49. The first-order chi connectivity index (χ1) is 13.0. The molecule has 0 radical (unpaired) electrons. The van der Waals surface area contributed by atoms with Crippen molar-refractivity contribution >= 4 is 34.4 Å². The molecule has 140 valence electrons. The van der Waals surface area contributed by atoms with Crippen molar-refractivity contribution in [3.05, 3.63) is 51.4 Å². The summed E-state index contributed by atoms with van der Waals surface area (Å²) in [6.07, 6.45) is 3.39. The first-order valence-corrected chi connectivity index (χ1v) is 10.2. The maximum atomic E-state index is 12.6. The fourth-order valence-corrected chi connectivity index (χ4v) is 4.44. The predicted molar refractivity (Wildman–Crippen MR) is 109 cm³/mol. The normalized spacial score (nSPS) is 13.1. The molecule has 1 aromatic carbocycles. The molecule has 0 unspecified atom stereocenters. The minimum Gasteiger partial charge on any atom is -0.353 e. The van der Waals surface area contributed by atoms with E-state index >= 15 is 0 Å². The average molecular weight is 382 g/mol. The van der Waals surface area contributed by atoms with E-state index in [0.717, 1.165) is 24.2 Å². The van der Waals surface area contributed by atoms with E-state index in [1.165, 1.54) is 29.3 Å². The van der Waals surface area contributed by atoms with E-state index in [1.807, 2.05) is 26.0 Å². The summed E-state index contributed by atoms with van der Waals surface area (Å²) in [5, 5.41) is 3.52. The Labute approximate surface area is 161 Å². The maximum absolute atomic E-state index is 12.6. The van der Waals surface area contributed by atoms with Crippen LogP contribution < -0.4 is 10.9 Å². The van der Waals surface area contributed by atoms with Crippen LogP contribution in [-0.4, -0.2) is 26.2 Å². The molecule has 1 aliphatic rings. The molecule has 0 aliphatic heterocycles. The van der Waals surface area contributed by atoms with Crippen LogP contribution in [-0.2, 0) is 24.2 Å². The molecule has 0 saturated carbocycles. The molecule has 0 bridgehead atoms. The number of anilines is 1. The van der Waals surface area contributed by atoms with Crippen LogP contribution in [0.2, 0.25) is 0 Å². The summed E-state index contributed by atoms with van der Waals surface area (Å²) >= 11 is 1.29. The number of thioether (sulfide) groups is 1. The largest absolute Gasteiger partial charge is 0.353 e. The Morgan fingerprint density at radius 1 is 1.30 bits per heavy atom. The molecule has 27 heavy (non-hydrogen) atoms. The van der Waals surface area contributed by atoms with E-state index < -0.39 is 0 Å². The highest BCUT2D eigenvalue weighted by Gasteiger charge is 2.15. The highest BCUT2D eigenvalue weighted by molar-refractivity contribution is 7.99. The number of aromatic nitrogens is 3. The first kappa shape index (κ1) is 17.9. The van der Waals surface area contributed by atoms with Crippen molar-refractivity contribution in [2.24, 2.45) is 0 Å². The highest BCUT2D eigenvalue weighted by atomic mass is 32.2. The number of carbonyl (C=O) groups is 1. The van der Waals surface area contributed by atoms with Gasteiger partial charge in [0.1, 0.15) is 5.52 Å². The number of nitrogens with one attached hydrogen (secondary N) is 2. The zero-order valence-electron chi connectivity index (χ0n) is 15.5. The zero-order valence-corrected chi connectivity index (χ0v) is 16.3. The summed E-state index contributed by atoms with van der Waals surface area (Å²) in [6, 6.07) is 7.98. The molecule has 1 aliphatic carbocycles. The van der Waals surface area contributed by atoms with Crippen LogP contribution in [0.3, 0.4) is 0 Å². The van der Waals surface area contributed by atoms with Crippen molar-refractivity contribution in [3.63, 3.8) is 0 Å². The lowest BCUT2D eigenvalue weighted by Crippen LogP contribution is -2.23. The maximum Gasteiger partial charge on any atom is 0.278 e. The third-order valence-corrected chi connectivity index (χ3v) is 5.84. The monoisotopic (exact) mass is 382 g/mol. The van der Waals surface area contributed by atoms with Gasteiger partial charge in [-0.15, -0.1) is 0 Å². The lowest BCUT2D eigenvalue weighted by atomic mass is 10.1. The van der Waals surface area contributed by atoms with Gasteiger partial charge >= 0.3 is 0 Å². The third kappa shape index (κ3) is 3.51. The number of nitrogens with zero attached hydrogens (tertiary/aromatic N) is 2. The van der Waals surface area contributed by atoms with E-state index in [4.69, 9.17) is 0 Å². The lowest BCUT2D eigenvalue weighted by molar-refractivity contribution is -0.113. The lowest BCUT2D eigenvalue weighted by Gasteiger charge is -2.10. The third-order valence-electron chi connectivity index (χ3n) is 4.87. The van der Waals surface area contributed by atoms with Crippen LogP contribution in [0.15, 0.2) is 34.2 Å². The summed E-state index contributed by atoms with van der Waals surface area (Å²) in [4.78, 5) is 32.6. The minimum absolute atomic E-state index is 0.0970. The van der Waals surface area contributed by atoms with Gasteiger partial charge in [0.2, 0.25) is 5.91 Å². The van der Waals surface area contributed by atoms with Gasteiger partial charge in [0.05, 0.1) is 11.3 Å². The Morgan fingerprint density at radius 3 is 2.93 bits per heavy atom. The fraction of sp³-hybridized carbons (Fsp3) is 0.350. The number of hydrogen-bond donors (Lipinski definition) is 2. The van der Waals surface area contributed by atoms with Crippen LogP contribution in [0.5, 0.6) is 0 Å². The summed E-state index contributed by atoms with van der Waals surface area (Å²) in [6.45, 7) is 4.31. The smallest absolute Gasteiger partial charge is 0.278 e. The molecule has 1 amide bonds. The number of benzene rings is 1. The zero-order chi connectivity index (χ0) is 19.0. The Kier molecular flexibility index (Phi) is 4.78. The number of H-pyrrole nitrogens is 1. The van der Waals surface area contributed by atoms with E-state index in [-0.39, 0.29) is 17.2 Å². The standard InChI is InChI=1S/C20H22N4O2S/c1-3-24-19(26)18-16(9-12(2)21-18)23-20(24)27-11-17(25)22-15-8-7-13-5-4-6-14(13)10-15/h7-10,21H,3-6,11H2,1-2H3,(H,22,25). The molecule has 0 fully saturated rings. The van der Waals surface area contributed by atoms with Gasteiger partial charge in [0.15, 0.2) is 5.16 Å². The molecule has 4 rings (SSSR count). The van der Waals surface area contributed by atoms with Crippen molar-refractivity contribution in [2.75, 3.05) is 11.1 Å². The molecule has 0 spiro atoms. The number of hydrogen-bond acceptors (Lipinski definition) is 4. The molecule has 6 nitrogen and oxygen atoms in total. The van der Waals surface area contributed by atoms with Crippen LogP contribution in [0.1, 0.15) is 30.2 Å². The van der Waals surface area contributed by atoms with Crippen molar-refractivity contribution in [3.8, 4) is 0 Å². The van der Waals surface area contributed by atoms with Crippen LogP contribution in [0.4, 0.5) is 5.69 Å². The van der Waals surface area contributed by atoms with E-state index in [2.05, 4.69) is 27.4 Å². The van der Waals surface area contributed by atoms with Gasteiger partial charge in [-0.25, -0.2) is 4.98 Å². The van der Waals surface area contributed by atoms with Crippen molar-refractivity contribution in [1.29, 1.82) is 0 Å². The highest BCUT2D eigenvalue weighted by Crippen LogP contribution is 2.25. The summed E-state index contributed by atoms with van der Waals surface area (Å²) < 4.78 is 1.60. The Bertz CT molecular complexity index is 1080. The van der Waals surface area contributed by atoms with Gasteiger partial charge in [-0.1, -0.05) is 17.8 Å². The average Bonchev–Trinajstić information content (AvgIpc) is 3.25.